The lowest BCUT2D eigenvalue weighted by molar-refractivity contribution is -0.384. The van der Waals surface area contributed by atoms with Crippen LogP contribution in [0.25, 0.3) is 11.5 Å². The van der Waals surface area contributed by atoms with Crippen LogP contribution in [0.15, 0.2) is 53.1 Å². The molecule has 2 N–H and O–H groups in total. The molecule has 138 valence electrons. The van der Waals surface area contributed by atoms with Crippen molar-refractivity contribution < 1.29 is 14.2 Å². The topological polar surface area (TPSA) is 123 Å². The van der Waals surface area contributed by atoms with Gasteiger partial charge in [0.15, 0.2) is 5.82 Å². The lowest BCUT2D eigenvalue weighted by atomic mass is 10.1. The second kappa shape index (κ2) is 8.09. The van der Waals surface area contributed by atoms with Gasteiger partial charge in [0, 0.05) is 30.3 Å². The average molecular weight is 367 g/mol. The number of nitrogens with one attached hydrogen (secondary N) is 2. The summed E-state index contributed by atoms with van der Waals surface area (Å²) < 4.78 is 5.08. The summed E-state index contributed by atoms with van der Waals surface area (Å²) in [5.41, 5.74) is 1.62. The molecule has 9 heteroatoms. The molecule has 0 saturated heterocycles. The highest BCUT2D eigenvalue weighted by molar-refractivity contribution is 5.94. The minimum absolute atomic E-state index is 0.00400. The maximum absolute atomic E-state index is 12.2. The molecule has 0 aliphatic heterocycles. The van der Waals surface area contributed by atoms with Crippen molar-refractivity contribution in [3.63, 3.8) is 0 Å². The number of hydrogen-bond donors (Lipinski definition) is 2. The number of nitro benzene ring substituents is 1. The fourth-order valence-electron chi connectivity index (χ4n) is 2.44. The fraction of sp³-hybridized carbons (Fsp3) is 0.167. The molecule has 0 fully saturated rings. The maximum Gasteiger partial charge on any atom is 0.292 e. The Bertz CT molecular complexity index is 952. The maximum atomic E-state index is 12.2. The molecule has 0 aliphatic carbocycles. The van der Waals surface area contributed by atoms with Gasteiger partial charge in [0.05, 0.1) is 4.92 Å². The molecule has 1 aromatic heterocycles. The fourth-order valence-corrected chi connectivity index (χ4v) is 2.44. The number of hydrogen-bond acceptors (Lipinski definition) is 7. The quantitative estimate of drug-likeness (QED) is 0.374. The van der Waals surface area contributed by atoms with Crippen LogP contribution in [-0.4, -0.2) is 34.1 Å². The van der Waals surface area contributed by atoms with Crippen molar-refractivity contribution in [3.05, 3.63) is 70.0 Å². The molecule has 3 rings (SSSR count). The van der Waals surface area contributed by atoms with Crippen LogP contribution >= 0.6 is 0 Å². The number of benzene rings is 2. The Kier molecular flexibility index (Phi) is 5.41. The normalized spacial score (nSPS) is 10.4. The number of nitro groups is 1. The van der Waals surface area contributed by atoms with Gasteiger partial charge in [0.1, 0.15) is 5.69 Å². The van der Waals surface area contributed by atoms with E-state index in [0.29, 0.717) is 36.1 Å². The van der Waals surface area contributed by atoms with Gasteiger partial charge in [-0.25, -0.2) is 0 Å². The first-order chi connectivity index (χ1) is 13.0. The number of aromatic nitrogens is 2. The van der Waals surface area contributed by atoms with Crippen LogP contribution in [0.3, 0.4) is 0 Å². The lowest BCUT2D eigenvalue weighted by Crippen LogP contribution is -2.28. The van der Waals surface area contributed by atoms with E-state index in [0.717, 1.165) is 5.56 Å². The minimum atomic E-state index is -0.451. The highest BCUT2D eigenvalue weighted by atomic mass is 16.6. The van der Waals surface area contributed by atoms with Gasteiger partial charge in [0.25, 0.3) is 17.5 Å². The van der Waals surface area contributed by atoms with Crippen LogP contribution in [-0.2, 0) is 0 Å². The zero-order valence-corrected chi connectivity index (χ0v) is 14.5. The van der Waals surface area contributed by atoms with Crippen LogP contribution in [0, 0.1) is 17.0 Å². The average Bonchev–Trinajstić information content (AvgIpc) is 3.12. The summed E-state index contributed by atoms with van der Waals surface area (Å²) in [4.78, 5) is 26.8. The standard InChI is InChI=1S/C18H17N5O4/c1-12-21-18(27-22-12)14-8-6-13(7-9-14)17(24)20-11-10-19-15-4-2-3-5-16(15)23(25)26/h2-9,19H,10-11H2,1H3,(H,20,24). The number of para-hydroxylation sites is 2. The van der Waals surface area contributed by atoms with Crippen molar-refractivity contribution in [2.45, 2.75) is 6.92 Å². The van der Waals surface area contributed by atoms with Crippen molar-refractivity contribution in [1.29, 1.82) is 0 Å². The molecule has 9 nitrogen and oxygen atoms in total. The van der Waals surface area contributed by atoms with E-state index in [9.17, 15) is 14.9 Å². The number of aryl methyl sites for hydroxylation is 1. The molecule has 1 amide bonds. The van der Waals surface area contributed by atoms with E-state index < -0.39 is 4.92 Å². The van der Waals surface area contributed by atoms with Crippen LogP contribution in [0.4, 0.5) is 11.4 Å². The molecule has 0 unspecified atom stereocenters. The molecule has 0 radical (unpaired) electrons. The lowest BCUT2D eigenvalue weighted by Gasteiger charge is -2.08. The van der Waals surface area contributed by atoms with Gasteiger partial charge in [-0.05, 0) is 37.3 Å². The van der Waals surface area contributed by atoms with Gasteiger partial charge in [-0.3, -0.25) is 14.9 Å². The second-order valence-corrected chi connectivity index (χ2v) is 5.68. The monoisotopic (exact) mass is 367 g/mol. The number of carbonyl (C=O) groups excluding carboxylic acids is 1. The Morgan fingerprint density at radius 3 is 2.56 bits per heavy atom. The van der Waals surface area contributed by atoms with E-state index in [4.69, 9.17) is 4.52 Å². The third-order valence-electron chi connectivity index (χ3n) is 3.75. The summed E-state index contributed by atoms with van der Waals surface area (Å²) in [6.45, 7) is 2.40. The van der Waals surface area contributed by atoms with Crippen molar-refractivity contribution in [1.82, 2.24) is 15.5 Å². The third kappa shape index (κ3) is 4.46. The SMILES string of the molecule is Cc1noc(-c2ccc(C(=O)NCCNc3ccccc3[N+](=O)[O-])cc2)n1. The largest absolute Gasteiger partial charge is 0.378 e. The first-order valence-electron chi connectivity index (χ1n) is 8.21. The molecule has 0 atom stereocenters. The molecule has 1 heterocycles. The van der Waals surface area contributed by atoms with Crippen molar-refractivity contribution in [2.75, 3.05) is 18.4 Å². The molecule has 2 aromatic carbocycles. The van der Waals surface area contributed by atoms with E-state index >= 15 is 0 Å². The molecule has 0 saturated carbocycles. The molecule has 0 bridgehead atoms. The number of rotatable bonds is 7. The predicted molar refractivity (Wildman–Crippen MR) is 98.4 cm³/mol. The molecule has 27 heavy (non-hydrogen) atoms. The van der Waals surface area contributed by atoms with Crippen LogP contribution in [0.1, 0.15) is 16.2 Å². The van der Waals surface area contributed by atoms with E-state index in [2.05, 4.69) is 20.8 Å². The Morgan fingerprint density at radius 2 is 1.89 bits per heavy atom. The smallest absolute Gasteiger partial charge is 0.292 e. The molecular formula is C18H17N5O4. The van der Waals surface area contributed by atoms with Crippen LogP contribution in [0.2, 0.25) is 0 Å². The third-order valence-corrected chi connectivity index (χ3v) is 3.75. The Hall–Kier alpha value is -3.75. The second-order valence-electron chi connectivity index (χ2n) is 5.68. The van der Waals surface area contributed by atoms with Gasteiger partial charge in [-0.2, -0.15) is 4.98 Å². The highest BCUT2D eigenvalue weighted by Gasteiger charge is 2.12. The predicted octanol–water partition coefficient (Wildman–Crippen LogP) is 2.80. The number of nitrogens with zero attached hydrogens (tertiary/aromatic N) is 3. The highest BCUT2D eigenvalue weighted by Crippen LogP contribution is 2.22. The minimum Gasteiger partial charge on any atom is -0.378 e. The Morgan fingerprint density at radius 1 is 1.15 bits per heavy atom. The Labute approximate surface area is 154 Å². The zero-order chi connectivity index (χ0) is 19.2. The summed E-state index contributed by atoms with van der Waals surface area (Å²) in [6, 6.07) is 13.1. The summed E-state index contributed by atoms with van der Waals surface area (Å²) in [7, 11) is 0. The first kappa shape index (κ1) is 18.1. The van der Waals surface area contributed by atoms with Gasteiger partial charge >= 0.3 is 0 Å². The Balaban J connectivity index is 1.52. The van der Waals surface area contributed by atoms with E-state index in [1.54, 1.807) is 49.4 Å². The summed E-state index contributed by atoms with van der Waals surface area (Å²) >= 11 is 0. The number of amides is 1. The van der Waals surface area contributed by atoms with Gasteiger partial charge in [-0.15, -0.1) is 0 Å². The molecular weight excluding hydrogens is 350 g/mol. The van der Waals surface area contributed by atoms with Gasteiger partial charge < -0.3 is 15.2 Å². The zero-order valence-electron chi connectivity index (χ0n) is 14.5. The van der Waals surface area contributed by atoms with Gasteiger partial charge in [-0.1, -0.05) is 17.3 Å². The van der Waals surface area contributed by atoms with Crippen molar-refractivity contribution in [3.8, 4) is 11.5 Å². The molecule has 0 aliphatic rings. The summed E-state index contributed by atoms with van der Waals surface area (Å²) in [6.07, 6.45) is 0. The van der Waals surface area contributed by atoms with Crippen molar-refractivity contribution in [2.24, 2.45) is 0 Å². The first-order valence-corrected chi connectivity index (χ1v) is 8.21. The van der Waals surface area contributed by atoms with Gasteiger partial charge in [0.2, 0.25) is 0 Å². The van der Waals surface area contributed by atoms with Crippen molar-refractivity contribution >= 4 is 17.3 Å². The van der Waals surface area contributed by atoms with Crippen LogP contribution < -0.4 is 10.6 Å². The summed E-state index contributed by atoms with van der Waals surface area (Å²) in [5.74, 6) is 0.693. The van der Waals surface area contributed by atoms with Crippen LogP contribution in [0.5, 0.6) is 0 Å². The molecule has 0 spiro atoms. The van der Waals surface area contributed by atoms with E-state index in [-0.39, 0.29) is 11.6 Å². The molecule has 3 aromatic rings. The van der Waals surface area contributed by atoms with E-state index in [1.165, 1.54) is 6.07 Å². The van der Waals surface area contributed by atoms with E-state index in [1.807, 2.05) is 0 Å². The summed E-state index contributed by atoms with van der Waals surface area (Å²) in [5, 5.41) is 20.4. The number of anilines is 1. The number of carbonyl (C=O) groups is 1.